The molecule has 0 amide bonds. The van der Waals surface area contributed by atoms with Crippen LogP contribution < -0.4 is 5.73 Å². The first-order valence-electron chi connectivity index (χ1n) is 21.1. The zero-order valence-electron chi connectivity index (χ0n) is 34.2. The Labute approximate surface area is 330 Å². The van der Waals surface area contributed by atoms with Gasteiger partial charge < -0.3 is 20.1 Å². The molecule has 0 saturated carbocycles. The van der Waals surface area contributed by atoms with Gasteiger partial charge in [-0.25, -0.2) is 4.57 Å². The van der Waals surface area contributed by atoms with Crippen molar-refractivity contribution in [1.82, 2.24) is 0 Å². The minimum atomic E-state index is -4.29. The number of phosphoric acid groups is 1. The summed E-state index contributed by atoms with van der Waals surface area (Å²) >= 11 is 0. The molecule has 0 bridgehead atoms. The number of phosphoric ester groups is 1. The molecule has 0 fully saturated rings. The van der Waals surface area contributed by atoms with Gasteiger partial charge in [0.15, 0.2) is 0 Å². The number of hydrogen-bond acceptors (Lipinski definition) is 7. The highest BCUT2D eigenvalue weighted by Gasteiger charge is 2.25. The highest BCUT2D eigenvalue weighted by atomic mass is 31.2. The fourth-order valence-corrected chi connectivity index (χ4v) is 5.99. The monoisotopic (exact) mass is 776 g/mol. The molecule has 0 aliphatic rings. The molecule has 0 heterocycles. The topological polar surface area (TPSA) is 117 Å². The van der Waals surface area contributed by atoms with Gasteiger partial charge in [0, 0.05) is 19.6 Å². The average molecular weight is 776 g/mol. The second-order valence-electron chi connectivity index (χ2n) is 13.5. The molecule has 0 aliphatic carbocycles. The van der Waals surface area contributed by atoms with Crippen molar-refractivity contribution in [2.45, 2.75) is 161 Å². The molecule has 9 heteroatoms. The zero-order chi connectivity index (χ0) is 39.5. The van der Waals surface area contributed by atoms with Crippen molar-refractivity contribution in [1.29, 1.82) is 0 Å². The fourth-order valence-electron chi connectivity index (χ4n) is 5.23. The van der Waals surface area contributed by atoms with E-state index in [1.54, 1.807) is 0 Å². The molecule has 8 nitrogen and oxygen atoms in total. The minimum Gasteiger partial charge on any atom is -0.457 e. The van der Waals surface area contributed by atoms with Crippen molar-refractivity contribution in [2.24, 2.45) is 5.73 Å². The number of nitrogens with two attached hydrogens (primary N) is 1. The van der Waals surface area contributed by atoms with E-state index in [4.69, 9.17) is 24.3 Å². The summed E-state index contributed by atoms with van der Waals surface area (Å²) in [6, 6.07) is 0. The molecule has 0 aromatic carbocycles. The van der Waals surface area contributed by atoms with Gasteiger partial charge >= 0.3 is 13.8 Å². The normalized spacial score (nSPS) is 14.4. The van der Waals surface area contributed by atoms with Crippen LogP contribution in [-0.4, -0.2) is 49.9 Å². The predicted octanol–water partition coefficient (Wildman–Crippen LogP) is 12.5. The largest absolute Gasteiger partial charge is 0.472 e. The first kappa shape index (κ1) is 51.7. The molecule has 0 aromatic heterocycles. The highest BCUT2D eigenvalue weighted by molar-refractivity contribution is 7.47. The van der Waals surface area contributed by atoms with Crippen molar-refractivity contribution in [3.8, 4) is 0 Å². The molecule has 0 spiro atoms. The number of hydrogen-bond donors (Lipinski definition) is 2. The van der Waals surface area contributed by atoms with Gasteiger partial charge in [-0.3, -0.25) is 13.8 Å². The van der Waals surface area contributed by atoms with E-state index in [1.165, 1.54) is 57.8 Å². The van der Waals surface area contributed by atoms with Crippen LogP contribution in [-0.2, 0) is 27.9 Å². The van der Waals surface area contributed by atoms with Crippen LogP contribution in [0.5, 0.6) is 0 Å². The quantitative estimate of drug-likeness (QED) is 0.0274. The maximum atomic E-state index is 12.6. The lowest BCUT2D eigenvalue weighted by Gasteiger charge is -2.20. The maximum absolute atomic E-state index is 12.6. The highest BCUT2D eigenvalue weighted by Crippen LogP contribution is 2.43. The van der Waals surface area contributed by atoms with Crippen molar-refractivity contribution in [2.75, 3.05) is 33.0 Å². The van der Waals surface area contributed by atoms with Gasteiger partial charge in [0.2, 0.25) is 0 Å². The third kappa shape index (κ3) is 40.9. The molecule has 310 valence electrons. The summed E-state index contributed by atoms with van der Waals surface area (Å²) in [5, 5.41) is 0. The lowest BCUT2D eigenvalue weighted by atomic mass is 10.1. The molecule has 0 radical (unpaired) electrons. The standard InChI is InChI=1S/C45H78NO7P/c1-3-5-7-9-11-13-15-17-19-20-21-22-23-24-25-26-28-30-32-34-36-38-45(47)53-44(43-52-54(48,49)51-41-39-46)42-50-40-37-35-33-31-29-27-18-16-14-12-10-8-6-4-2/h5,7,11,13-14,16-17,19,21-22,24-25,28,30,44H,3-4,6,8-10,12,15,18,20,23,26-27,29,31-43,46H2,1-2H3,(H,48,49)/b7-5-,13-11-,16-14-,19-17-,22-21-,25-24-,30-28-. The number of rotatable bonds is 39. The maximum Gasteiger partial charge on any atom is 0.472 e. The third-order valence-electron chi connectivity index (χ3n) is 8.30. The minimum absolute atomic E-state index is 0.0875. The van der Waals surface area contributed by atoms with Crippen LogP contribution in [0.2, 0.25) is 0 Å². The number of carbonyl (C=O) groups excluding carboxylic acids is 1. The molecule has 0 saturated heterocycles. The fraction of sp³-hybridized carbons (Fsp3) is 0.667. The van der Waals surface area contributed by atoms with E-state index in [2.05, 4.69) is 98.9 Å². The smallest absolute Gasteiger partial charge is 0.457 e. The van der Waals surface area contributed by atoms with E-state index in [1.807, 2.05) is 0 Å². The van der Waals surface area contributed by atoms with E-state index in [0.717, 1.165) is 70.6 Å². The van der Waals surface area contributed by atoms with E-state index in [-0.39, 0.29) is 38.8 Å². The van der Waals surface area contributed by atoms with Crippen molar-refractivity contribution >= 4 is 13.8 Å². The second kappa shape index (κ2) is 41.8. The summed E-state index contributed by atoms with van der Waals surface area (Å²) in [7, 11) is -4.29. The molecule has 0 rings (SSSR count). The van der Waals surface area contributed by atoms with Gasteiger partial charge in [0.05, 0.1) is 19.8 Å². The van der Waals surface area contributed by atoms with Gasteiger partial charge in [0.1, 0.15) is 6.10 Å². The molecule has 0 aromatic rings. The Morgan fingerprint density at radius 1 is 0.574 bits per heavy atom. The van der Waals surface area contributed by atoms with Crippen LogP contribution >= 0.6 is 7.82 Å². The first-order chi connectivity index (χ1) is 26.4. The van der Waals surface area contributed by atoms with Gasteiger partial charge in [-0.15, -0.1) is 0 Å². The average Bonchev–Trinajstić information content (AvgIpc) is 3.16. The lowest BCUT2D eigenvalue weighted by molar-refractivity contribution is -0.154. The summed E-state index contributed by atoms with van der Waals surface area (Å²) in [6.45, 7) is 4.69. The van der Waals surface area contributed by atoms with Crippen molar-refractivity contribution in [3.05, 3.63) is 85.1 Å². The Kier molecular flexibility index (Phi) is 40.0. The Balaban J connectivity index is 4.18. The van der Waals surface area contributed by atoms with E-state index >= 15 is 0 Å². The molecule has 0 aliphatic heterocycles. The number of esters is 1. The van der Waals surface area contributed by atoms with E-state index in [0.29, 0.717) is 13.0 Å². The molecule has 2 atom stereocenters. The van der Waals surface area contributed by atoms with E-state index in [9.17, 15) is 14.3 Å². The molecule has 3 N–H and O–H groups in total. The Hall–Kier alpha value is -2.32. The summed E-state index contributed by atoms with van der Waals surface area (Å²) in [5.74, 6) is -0.378. The van der Waals surface area contributed by atoms with Crippen LogP contribution in [0.4, 0.5) is 0 Å². The Morgan fingerprint density at radius 2 is 1.04 bits per heavy atom. The third-order valence-corrected chi connectivity index (χ3v) is 9.28. The molecular weight excluding hydrogens is 697 g/mol. The van der Waals surface area contributed by atoms with Crippen molar-refractivity contribution < 1.29 is 32.8 Å². The molecular formula is C45H78NO7P. The molecule has 2 unspecified atom stereocenters. The van der Waals surface area contributed by atoms with Crippen LogP contribution in [0.3, 0.4) is 0 Å². The zero-order valence-corrected chi connectivity index (χ0v) is 35.1. The lowest BCUT2D eigenvalue weighted by Crippen LogP contribution is -2.28. The van der Waals surface area contributed by atoms with Crippen LogP contribution in [0.25, 0.3) is 0 Å². The Bertz CT molecular complexity index is 1100. The van der Waals surface area contributed by atoms with Gasteiger partial charge in [-0.1, -0.05) is 144 Å². The number of carbonyl (C=O) groups is 1. The molecule has 54 heavy (non-hydrogen) atoms. The van der Waals surface area contributed by atoms with Crippen LogP contribution in [0.15, 0.2) is 85.1 Å². The predicted molar refractivity (Wildman–Crippen MR) is 228 cm³/mol. The van der Waals surface area contributed by atoms with Crippen LogP contribution in [0, 0.1) is 0 Å². The van der Waals surface area contributed by atoms with Crippen LogP contribution in [0.1, 0.15) is 155 Å². The van der Waals surface area contributed by atoms with Gasteiger partial charge in [-0.2, -0.15) is 0 Å². The number of ether oxygens (including phenoxy) is 2. The number of unbranched alkanes of at least 4 members (excludes halogenated alkanes) is 12. The van der Waals surface area contributed by atoms with E-state index < -0.39 is 13.9 Å². The summed E-state index contributed by atoms with van der Waals surface area (Å²) < 4.78 is 33.3. The summed E-state index contributed by atoms with van der Waals surface area (Å²) in [5.41, 5.74) is 5.36. The summed E-state index contributed by atoms with van der Waals surface area (Å²) in [6.07, 6.45) is 53.1. The van der Waals surface area contributed by atoms with Gasteiger partial charge in [0.25, 0.3) is 0 Å². The van der Waals surface area contributed by atoms with Gasteiger partial charge in [-0.05, 0) is 89.9 Å². The first-order valence-corrected chi connectivity index (χ1v) is 22.6. The SMILES string of the molecule is CC/C=C\C/C=C\C/C=C\C/C=C\C/C=C\C/C=C\CCCCC(=O)OC(COCCCCCCCC/C=C\CCCCCC)COP(=O)(O)OCCN. The van der Waals surface area contributed by atoms with Crippen molar-refractivity contribution in [3.63, 3.8) is 0 Å². The second-order valence-corrected chi connectivity index (χ2v) is 14.9. The number of allylic oxidation sites excluding steroid dienone is 14. The Morgan fingerprint density at radius 3 is 1.57 bits per heavy atom. The summed E-state index contributed by atoms with van der Waals surface area (Å²) in [4.78, 5) is 22.4.